The lowest BCUT2D eigenvalue weighted by Crippen LogP contribution is -1.99. The highest BCUT2D eigenvalue weighted by molar-refractivity contribution is 9.10. The maximum atomic E-state index is 9.95. The summed E-state index contributed by atoms with van der Waals surface area (Å²) in [6.45, 7) is 0. The predicted octanol–water partition coefficient (Wildman–Crippen LogP) is 3.17. The molecule has 2 aromatic heterocycles. The smallest absolute Gasteiger partial charge is 0.151 e. The molecular formula is C10H7BrClNO2. The van der Waals surface area contributed by atoms with Gasteiger partial charge in [-0.3, -0.25) is 0 Å². The molecule has 0 amide bonds. The van der Waals surface area contributed by atoms with Gasteiger partial charge in [-0.05, 0) is 28.1 Å². The van der Waals surface area contributed by atoms with Gasteiger partial charge in [0.15, 0.2) is 5.76 Å². The van der Waals surface area contributed by atoms with E-state index in [0.717, 1.165) is 4.47 Å². The molecule has 0 fully saturated rings. The Balaban J connectivity index is 2.32. The molecule has 5 heteroatoms. The molecule has 2 aromatic rings. The highest BCUT2D eigenvalue weighted by atomic mass is 79.9. The lowest BCUT2D eigenvalue weighted by atomic mass is 10.1. The second kappa shape index (κ2) is 4.35. The minimum Gasteiger partial charge on any atom is -0.465 e. The second-order valence-corrected chi connectivity index (χ2v) is 4.19. The summed E-state index contributed by atoms with van der Waals surface area (Å²) in [6.07, 6.45) is 2.19. The largest absolute Gasteiger partial charge is 0.465 e. The molecule has 0 aliphatic rings. The third kappa shape index (κ3) is 2.22. The molecule has 0 aliphatic heterocycles. The molecule has 2 heterocycles. The quantitative estimate of drug-likeness (QED) is 0.863. The SMILES string of the molecule is OC(c1ccc(Cl)nc1)c1occc1Br. The van der Waals surface area contributed by atoms with E-state index in [1.54, 1.807) is 18.2 Å². The van der Waals surface area contributed by atoms with E-state index in [4.69, 9.17) is 16.0 Å². The van der Waals surface area contributed by atoms with Crippen molar-refractivity contribution in [3.8, 4) is 0 Å². The van der Waals surface area contributed by atoms with E-state index >= 15 is 0 Å². The van der Waals surface area contributed by atoms with Crippen LogP contribution in [-0.4, -0.2) is 10.1 Å². The third-order valence-corrected chi connectivity index (χ3v) is 2.84. The number of halogens is 2. The van der Waals surface area contributed by atoms with Gasteiger partial charge in [0, 0.05) is 11.8 Å². The van der Waals surface area contributed by atoms with Crippen molar-refractivity contribution in [1.29, 1.82) is 0 Å². The topological polar surface area (TPSA) is 46.3 Å². The van der Waals surface area contributed by atoms with E-state index in [0.29, 0.717) is 16.5 Å². The van der Waals surface area contributed by atoms with Gasteiger partial charge in [-0.15, -0.1) is 0 Å². The highest BCUT2D eigenvalue weighted by Crippen LogP contribution is 2.29. The van der Waals surface area contributed by atoms with Crippen molar-refractivity contribution in [2.24, 2.45) is 0 Å². The lowest BCUT2D eigenvalue weighted by molar-refractivity contribution is 0.188. The summed E-state index contributed by atoms with van der Waals surface area (Å²) in [7, 11) is 0. The van der Waals surface area contributed by atoms with Crippen molar-refractivity contribution >= 4 is 27.5 Å². The second-order valence-electron chi connectivity index (χ2n) is 2.95. The number of aliphatic hydroxyl groups is 1. The molecule has 0 radical (unpaired) electrons. The summed E-state index contributed by atoms with van der Waals surface area (Å²) in [5.41, 5.74) is 0.634. The fourth-order valence-corrected chi connectivity index (χ4v) is 1.73. The first kappa shape index (κ1) is 10.7. The number of aliphatic hydroxyl groups excluding tert-OH is 1. The van der Waals surface area contributed by atoms with Gasteiger partial charge in [0.05, 0.1) is 10.7 Å². The first-order chi connectivity index (χ1) is 7.18. The van der Waals surface area contributed by atoms with E-state index in [1.165, 1.54) is 12.5 Å². The number of hydrogen-bond acceptors (Lipinski definition) is 3. The fourth-order valence-electron chi connectivity index (χ4n) is 1.20. The van der Waals surface area contributed by atoms with Crippen LogP contribution in [0, 0.1) is 0 Å². The molecule has 0 saturated carbocycles. The van der Waals surface area contributed by atoms with E-state index in [2.05, 4.69) is 20.9 Å². The Morgan fingerprint density at radius 1 is 1.40 bits per heavy atom. The van der Waals surface area contributed by atoms with Crippen LogP contribution in [0.4, 0.5) is 0 Å². The van der Waals surface area contributed by atoms with Crippen LogP contribution in [0.5, 0.6) is 0 Å². The van der Waals surface area contributed by atoms with Gasteiger partial charge in [0.1, 0.15) is 11.3 Å². The van der Waals surface area contributed by atoms with E-state index < -0.39 is 6.10 Å². The Labute approximate surface area is 99.8 Å². The molecule has 0 saturated heterocycles. The minimum atomic E-state index is -0.834. The van der Waals surface area contributed by atoms with Gasteiger partial charge in [-0.25, -0.2) is 4.98 Å². The number of aromatic nitrogens is 1. The molecule has 0 aromatic carbocycles. The molecular weight excluding hydrogens is 281 g/mol. The molecule has 0 spiro atoms. The molecule has 1 atom stereocenters. The zero-order valence-corrected chi connectivity index (χ0v) is 9.86. The maximum absolute atomic E-state index is 9.95. The number of hydrogen-bond donors (Lipinski definition) is 1. The number of nitrogens with zero attached hydrogens (tertiary/aromatic N) is 1. The molecule has 3 nitrogen and oxygen atoms in total. The van der Waals surface area contributed by atoms with Crippen molar-refractivity contribution < 1.29 is 9.52 Å². The van der Waals surface area contributed by atoms with Crippen LogP contribution in [0.3, 0.4) is 0 Å². The number of rotatable bonds is 2. The van der Waals surface area contributed by atoms with Crippen LogP contribution in [0.15, 0.2) is 39.5 Å². The normalized spacial score (nSPS) is 12.7. The van der Waals surface area contributed by atoms with Crippen LogP contribution in [0.1, 0.15) is 17.4 Å². The van der Waals surface area contributed by atoms with E-state index in [9.17, 15) is 5.11 Å². The molecule has 78 valence electrons. The minimum absolute atomic E-state index is 0.393. The Morgan fingerprint density at radius 2 is 2.20 bits per heavy atom. The Bertz CT molecular complexity index is 455. The van der Waals surface area contributed by atoms with Gasteiger partial charge >= 0.3 is 0 Å². The number of pyridine rings is 1. The van der Waals surface area contributed by atoms with Crippen LogP contribution >= 0.6 is 27.5 Å². The zero-order chi connectivity index (χ0) is 10.8. The van der Waals surface area contributed by atoms with Crippen molar-refractivity contribution in [2.75, 3.05) is 0 Å². The monoisotopic (exact) mass is 287 g/mol. The third-order valence-electron chi connectivity index (χ3n) is 1.96. The average molecular weight is 289 g/mol. The Morgan fingerprint density at radius 3 is 2.73 bits per heavy atom. The summed E-state index contributed by atoms with van der Waals surface area (Å²) in [6, 6.07) is 5.05. The van der Waals surface area contributed by atoms with E-state index in [-0.39, 0.29) is 0 Å². The zero-order valence-electron chi connectivity index (χ0n) is 7.52. The molecule has 0 aliphatic carbocycles. The standard InChI is InChI=1S/C10H7BrClNO2/c11-7-3-4-15-10(7)9(14)6-1-2-8(12)13-5-6/h1-5,9,14H. The predicted molar refractivity (Wildman–Crippen MR) is 59.7 cm³/mol. The van der Waals surface area contributed by atoms with Crippen LogP contribution < -0.4 is 0 Å². The van der Waals surface area contributed by atoms with Gasteiger partial charge in [0.25, 0.3) is 0 Å². The molecule has 0 bridgehead atoms. The molecule has 2 rings (SSSR count). The van der Waals surface area contributed by atoms with Crippen molar-refractivity contribution in [3.63, 3.8) is 0 Å². The van der Waals surface area contributed by atoms with Gasteiger partial charge < -0.3 is 9.52 Å². The molecule has 15 heavy (non-hydrogen) atoms. The van der Waals surface area contributed by atoms with Gasteiger partial charge in [-0.2, -0.15) is 0 Å². The van der Waals surface area contributed by atoms with E-state index in [1.807, 2.05) is 0 Å². The first-order valence-corrected chi connectivity index (χ1v) is 5.38. The summed E-state index contributed by atoms with van der Waals surface area (Å²) >= 11 is 8.93. The van der Waals surface area contributed by atoms with Crippen molar-refractivity contribution in [1.82, 2.24) is 4.98 Å². The van der Waals surface area contributed by atoms with Gasteiger partial charge in [-0.1, -0.05) is 17.7 Å². The van der Waals surface area contributed by atoms with Crippen LogP contribution in [-0.2, 0) is 0 Å². The molecule has 1 unspecified atom stereocenters. The Kier molecular flexibility index (Phi) is 3.09. The highest BCUT2D eigenvalue weighted by Gasteiger charge is 2.17. The summed E-state index contributed by atoms with van der Waals surface area (Å²) in [4.78, 5) is 3.89. The maximum Gasteiger partial charge on any atom is 0.151 e. The van der Waals surface area contributed by atoms with Crippen molar-refractivity contribution in [2.45, 2.75) is 6.10 Å². The Hall–Kier alpha value is -0.840. The van der Waals surface area contributed by atoms with Crippen LogP contribution in [0.2, 0.25) is 5.15 Å². The summed E-state index contributed by atoms with van der Waals surface area (Å²) in [5, 5.41) is 10.3. The molecule has 1 N–H and O–H groups in total. The first-order valence-electron chi connectivity index (χ1n) is 4.21. The summed E-state index contributed by atoms with van der Waals surface area (Å²) < 4.78 is 5.88. The van der Waals surface area contributed by atoms with Gasteiger partial charge in [0.2, 0.25) is 0 Å². The average Bonchev–Trinajstić information content (AvgIpc) is 2.65. The lowest BCUT2D eigenvalue weighted by Gasteiger charge is -2.07. The van der Waals surface area contributed by atoms with Crippen molar-refractivity contribution in [3.05, 3.63) is 51.6 Å². The number of furan rings is 1. The summed E-state index contributed by atoms with van der Waals surface area (Å²) in [5.74, 6) is 0.458. The van der Waals surface area contributed by atoms with Crippen LogP contribution in [0.25, 0.3) is 0 Å². The fraction of sp³-hybridized carbons (Fsp3) is 0.100.